The SMILES string of the molecule is C=C(C)c1c(-c2ncc(F)c3sc(N)c(C#N)c23)c2c(c3cnc(N(C[CH2-])CC(C)CC[CH2-])nc13)COC2.[Li+]. The Labute approximate surface area is 244 Å². The Hall–Kier alpha value is -3.01. The number of pyridine rings is 1. The molecule has 39 heavy (non-hydrogen) atoms. The zero-order valence-corrected chi connectivity index (χ0v) is 23.4. The third-order valence-electron chi connectivity index (χ3n) is 7.00. The van der Waals surface area contributed by atoms with Crippen LogP contribution in [0, 0.1) is 36.9 Å². The van der Waals surface area contributed by atoms with Crippen molar-refractivity contribution < 1.29 is 28.0 Å². The molecule has 4 aromatic rings. The van der Waals surface area contributed by atoms with Crippen molar-refractivity contribution in [2.75, 3.05) is 23.7 Å². The topological polar surface area (TPSA) is 101 Å². The number of nitrogens with two attached hydrogens (primary N) is 1. The summed E-state index contributed by atoms with van der Waals surface area (Å²) in [5.74, 6) is 0.466. The molecule has 5 rings (SSSR count). The van der Waals surface area contributed by atoms with Crippen LogP contribution in [0.15, 0.2) is 19.0 Å². The van der Waals surface area contributed by atoms with Gasteiger partial charge in [0.05, 0.1) is 40.9 Å². The normalized spacial score (nSPS) is 13.2. The monoisotopic (exact) mass is 535 g/mol. The Kier molecular flexibility index (Phi) is 8.63. The number of aromatic nitrogens is 3. The van der Waals surface area contributed by atoms with Gasteiger partial charge in [0.2, 0.25) is 5.95 Å². The number of ether oxygens (including phenoxy) is 1. The summed E-state index contributed by atoms with van der Waals surface area (Å²) in [5, 5.41) is 11.4. The molecule has 3 aromatic heterocycles. The zero-order chi connectivity index (χ0) is 27.1. The molecule has 0 saturated carbocycles. The molecule has 0 amide bonds. The second-order valence-electron chi connectivity index (χ2n) is 9.72. The zero-order valence-electron chi connectivity index (χ0n) is 22.6. The number of allylic oxidation sites excluding steroid dienone is 1. The minimum atomic E-state index is -0.514. The molecule has 1 unspecified atom stereocenters. The minimum Gasteiger partial charge on any atom is -0.389 e. The number of hydrogen-bond donors (Lipinski definition) is 1. The van der Waals surface area contributed by atoms with Gasteiger partial charge in [-0.25, -0.2) is 14.4 Å². The third-order valence-corrected chi connectivity index (χ3v) is 8.03. The van der Waals surface area contributed by atoms with Gasteiger partial charge < -0.3 is 29.2 Å². The maximum Gasteiger partial charge on any atom is 1.00 e. The van der Waals surface area contributed by atoms with E-state index in [1.807, 2.05) is 13.1 Å². The maximum atomic E-state index is 14.8. The number of hydrogen-bond acceptors (Lipinski definition) is 8. The second-order valence-corrected chi connectivity index (χ2v) is 10.8. The standard InChI is InChI=1S/C29H29FN6OS.Li/c1-6-8-16(5)12-36(7-2)29-34-10-18-19-13-37-14-20(19)23(22(15(3)4)25(18)35-29)26-24-17(9-31)28(32)38-27(24)21(30)11-33-26;/h10-11,16H,1-3,6-8,12-14,32H2,4-5H3;/q-2;+1. The summed E-state index contributed by atoms with van der Waals surface area (Å²) in [4.78, 5) is 16.3. The third kappa shape index (κ3) is 4.92. The summed E-state index contributed by atoms with van der Waals surface area (Å²) in [7, 11) is 0. The van der Waals surface area contributed by atoms with Crippen LogP contribution in [0.2, 0.25) is 0 Å². The number of thiophene rings is 1. The predicted octanol–water partition coefficient (Wildman–Crippen LogP) is 3.46. The van der Waals surface area contributed by atoms with Crippen LogP contribution in [0.3, 0.4) is 0 Å². The van der Waals surface area contributed by atoms with Gasteiger partial charge in [-0.15, -0.1) is 17.9 Å². The van der Waals surface area contributed by atoms with Crippen LogP contribution in [0.4, 0.5) is 15.3 Å². The summed E-state index contributed by atoms with van der Waals surface area (Å²) < 4.78 is 21.0. The predicted molar refractivity (Wildman–Crippen MR) is 152 cm³/mol. The molecule has 0 aliphatic carbocycles. The van der Waals surface area contributed by atoms with E-state index in [0.29, 0.717) is 52.9 Å². The number of nitrogens with zero attached hydrogens (tertiary/aromatic N) is 5. The van der Waals surface area contributed by atoms with Gasteiger partial charge in [0.25, 0.3) is 0 Å². The van der Waals surface area contributed by atoms with Gasteiger partial charge in [0, 0.05) is 34.6 Å². The van der Waals surface area contributed by atoms with E-state index in [0.717, 1.165) is 63.9 Å². The molecule has 1 aromatic carbocycles. The molecule has 1 aliphatic rings. The first-order chi connectivity index (χ1) is 18.3. The first-order valence-electron chi connectivity index (χ1n) is 12.5. The molecule has 0 fully saturated rings. The van der Waals surface area contributed by atoms with Gasteiger partial charge in [-0.3, -0.25) is 4.98 Å². The summed E-state index contributed by atoms with van der Waals surface area (Å²) in [6.45, 7) is 18.4. The summed E-state index contributed by atoms with van der Waals surface area (Å²) in [5.41, 5.74) is 11.7. The van der Waals surface area contributed by atoms with Gasteiger partial charge in [0.15, 0.2) is 5.82 Å². The quantitative estimate of drug-likeness (QED) is 0.272. The van der Waals surface area contributed by atoms with Gasteiger partial charge in [0.1, 0.15) is 11.1 Å². The van der Waals surface area contributed by atoms with Crippen molar-refractivity contribution >= 4 is 48.8 Å². The number of halogens is 1. The minimum absolute atomic E-state index is 0. The molecule has 2 N–H and O–H groups in total. The fourth-order valence-electron chi connectivity index (χ4n) is 5.25. The number of benzene rings is 1. The van der Waals surface area contributed by atoms with E-state index in [1.165, 1.54) is 6.20 Å². The first-order valence-corrected chi connectivity index (χ1v) is 13.3. The number of fused-ring (bicyclic) bond motifs is 4. The Bertz CT molecular complexity index is 1630. The van der Waals surface area contributed by atoms with Gasteiger partial charge >= 0.3 is 18.9 Å². The van der Waals surface area contributed by atoms with Crippen molar-refractivity contribution in [2.24, 2.45) is 5.92 Å². The van der Waals surface area contributed by atoms with Crippen molar-refractivity contribution in [1.82, 2.24) is 15.0 Å². The number of rotatable bonds is 8. The van der Waals surface area contributed by atoms with Gasteiger partial charge in [-0.2, -0.15) is 11.7 Å². The van der Waals surface area contributed by atoms with Crippen LogP contribution in [0.25, 0.3) is 37.8 Å². The fourth-order valence-corrected chi connectivity index (χ4v) is 6.17. The van der Waals surface area contributed by atoms with Crippen LogP contribution in [-0.2, 0) is 18.0 Å². The van der Waals surface area contributed by atoms with Crippen molar-refractivity contribution in [3.8, 4) is 17.3 Å². The molecule has 196 valence electrons. The molecule has 7 nitrogen and oxygen atoms in total. The van der Waals surface area contributed by atoms with E-state index in [4.69, 9.17) is 20.4 Å². The van der Waals surface area contributed by atoms with E-state index in [1.54, 1.807) is 0 Å². The molecule has 4 heterocycles. The average molecular weight is 536 g/mol. The molecule has 1 aliphatic heterocycles. The molecule has 0 bridgehead atoms. The van der Waals surface area contributed by atoms with Crippen LogP contribution in [-0.4, -0.2) is 28.0 Å². The van der Waals surface area contributed by atoms with Crippen LogP contribution in [0.5, 0.6) is 0 Å². The van der Waals surface area contributed by atoms with Crippen LogP contribution >= 0.6 is 11.3 Å². The Morgan fingerprint density at radius 2 is 2.05 bits per heavy atom. The number of nitriles is 1. The Morgan fingerprint density at radius 1 is 1.31 bits per heavy atom. The smallest absolute Gasteiger partial charge is 0.389 e. The van der Waals surface area contributed by atoms with Crippen LogP contribution < -0.4 is 29.5 Å². The van der Waals surface area contributed by atoms with E-state index < -0.39 is 5.82 Å². The Morgan fingerprint density at radius 3 is 2.72 bits per heavy atom. The van der Waals surface area contributed by atoms with Crippen molar-refractivity contribution in [3.63, 3.8) is 0 Å². The van der Waals surface area contributed by atoms with Crippen molar-refractivity contribution in [1.29, 1.82) is 5.26 Å². The summed E-state index contributed by atoms with van der Waals surface area (Å²) >= 11 is 1.05. The largest absolute Gasteiger partial charge is 1.00 e. The molecule has 0 spiro atoms. The van der Waals surface area contributed by atoms with Crippen molar-refractivity contribution in [3.05, 3.63) is 60.9 Å². The number of anilines is 2. The van der Waals surface area contributed by atoms with Crippen molar-refractivity contribution in [2.45, 2.75) is 39.9 Å². The Balaban J connectivity index is 0.00000353. The molecule has 0 radical (unpaired) electrons. The average Bonchev–Trinajstić information content (AvgIpc) is 3.51. The molecule has 1 atom stereocenters. The summed E-state index contributed by atoms with van der Waals surface area (Å²) in [6, 6.07) is 2.15. The summed E-state index contributed by atoms with van der Waals surface area (Å²) in [6.07, 6.45) is 4.88. The van der Waals surface area contributed by atoms with E-state index in [-0.39, 0.29) is 29.4 Å². The first kappa shape index (κ1) is 29.0. The van der Waals surface area contributed by atoms with Gasteiger partial charge in [-0.1, -0.05) is 19.9 Å². The fraction of sp³-hybridized carbons (Fsp3) is 0.310. The molecule has 0 saturated heterocycles. The van der Waals surface area contributed by atoms with E-state index in [2.05, 4.69) is 43.3 Å². The van der Waals surface area contributed by atoms with Gasteiger partial charge in [-0.05, 0) is 29.5 Å². The second kappa shape index (κ2) is 11.6. The van der Waals surface area contributed by atoms with Crippen LogP contribution in [0.1, 0.15) is 48.9 Å². The molecular weight excluding hydrogens is 506 g/mol. The molecule has 10 heteroatoms. The number of nitrogen functional groups attached to an aromatic ring is 1. The van der Waals surface area contributed by atoms with E-state index >= 15 is 0 Å². The maximum absolute atomic E-state index is 14.8. The molecular formula is C29H29FLiN6OS-. The van der Waals surface area contributed by atoms with E-state index in [9.17, 15) is 9.65 Å².